The van der Waals surface area contributed by atoms with Crippen LogP contribution in [0.1, 0.15) is 16.9 Å². The number of rotatable bonds is 5. The van der Waals surface area contributed by atoms with Crippen molar-refractivity contribution in [3.63, 3.8) is 0 Å². The number of ether oxygens (including phenoxy) is 1. The third kappa shape index (κ3) is 3.40. The molecule has 1 aliphatic rings. The molecule has 0 aromatic carbocycles. The quantitative estimate of drug-likeness (QED) is 0.791. The van der Waals surface area contributed by atoms with E-state index in [1.807, 2.05) is 6.07 Å². The van der Waals surface area contributed by atoms with Crippen LogP contribution < -0.4 is 11.1 Å². The van der Waals surface area contributed by atoms with Crippen molar-refractivity contribution in [1.29, 1.82) is 10.5 Å². The fourth-order valence-corrected chi connectivity index (χ4v) is 2.99. The van der Waals surface area contributed by atoms with Crippen LogP contribution in [0.15, 0.2) is 0 Å². The molecule has 3 N–H and O–H groups in total. The van der Waals surface area contributed by atoms with Gasteiger partial charge < -0.3 is 15.8 Å². The smallest absolute Gasteiger partial charge is 0.131 e. The Bertz CT molecular complexity index is 536. The van der Waals surface area contributed by atoms with Gasteiger partial charge >= 0.3 is 0 Å². The number of hydrogen-bond donors (Lipinski definition) is 2. The van der Waals surface area contributed by atoms with Gasteiger partial charge in [-0.3, -0.25) is 4.90 Å². The van der Waals surface area contributed by atoms with Gasteiger partial charge in [-0.2, -0.15) is 10.5 Å². The fourth-order valence-electron chi connectivity index (χ4n) is 2.09. The second kappa shape index (κ2) is 7.11. The molecule has 1 fully saturated rings. The average molecular weight is 291 g/mol. The molecule has 1 aromatic heterocycles. The molecule has 0 bridgehead atoms. The molecular formula is C13H17N5OS. The molecule has 0 atom stereocenters. The van der Waals surface area contributed by atoms with Gasteiger partial charge in [-0.15, -0.1) is 11.3 Å². The molecule has 1 aliphatic heterocycles. The van der Waals surface area contributed by atoms with Gasteiger partial charge in [-0.05, 0) is 13.0 Å². The van der Waals surface area contributed by atoms with Gasteiger partial charge in [0.2, 0.25) is 0 Å². The lowest BCUT2D eigenvalue weighted by Gasteiger charge is -2.26. The number of nitrogens with two attached hydrogens (primary N) is 1. The SMILES string of the molecule is N#Cc1sc(NCCCN2CCOCC2)c(C#N)c1N. The van der Waals surface area contributed by atoms with Crippen molar-refractivity contribution in [2.24, 2.45) is 0 Å². The Kier molecular flexibility index (Phi) is 5.19. The predicted octanol–water partition coefficient (Wildman–Crippen LogP) is 1.21. The molecule has 2 rings (SSSR count). The molecule has 0 aliphatic carbocycles. The Morgan fingerprint density at radius 1 is 1.30 bits per heavy atom. The number of nitrogen functional groups attached to an aromatic ring is 1. The first-order chi connectivity index (χ1) is 9.76. The second-order valence-electron chi connectivity index (χ2n) is 4.51. The Morgan fingerprint density at radius 3 is 2.70 bits per heavy atom. The molecule has 6 nitrogen and oxygen atoms in total. The predicted molar refractivity (Wildman–Crippen MR) is 78.5 cm³/mol. The summed E-state index contributed by atoms with van der Waals surface area (Å²) in [5.41, 5.74) is 6.42. The van der Waals surface area contributed by atoms with E-state index < -0.39 is 0 Å². The normalized spacial score (nSPS) is 15.5. The van der Waals surface area contributed by atoms with Gasteiger partial charge in [0.25, 0.3) is 0 Å². The van der Waals surface area contributed by atoms with E-state index in [0.29, 0.717) is 15.4 Å². The van der Waals surface area contributed by atoms with Crippen molar-refractivity contribution in [2.45, 2.75) is 6.42 Å². The van der Waals surface area contributed by atoms with Crippen LogP contribution in [0, 0.1) is 22.7 Å². The minimum absolute atomic E-state index is 0.288. The summed E-state index contributed by atoms with van der Waals surface area (Å²) in [6.07, 6.45) is 0.977. The number of anilines is 2. The summed E-state index contributed by atoms with van der Waals surface area (Å²) >= 11 is 1.24. The van der Waals surface area contributed by atoms with E-state index in [2.05, 4.69) is 16.3 Å². The summed E-state index contributed by atoms with van der Waals surface area (Å²) in [5, 5.41) is 21.9. The lowest BCUT2D eigenvalue weighted by atomic mass is 10.2. The summed E-state index contributed by atoms with van der Waals surface area (Å²) < 4.78 is 5.30. The van der Waals surface area contributed by atoms with Gasteiger partial charge in [0.05, 0.1) is 18.9 Å². The minimum Gasteiger partial charge on any atom is -0.396 e. The number of hydrogen-bond acceptors (Lipinski definition) is 7. The first-order valence-electron chi connectivity index (χ1n) is 6.52. The first-order valence-corrected chi connectivity index (χ1v) is 7.34. The van der Waals surface area contributed by atoms with Crippen LogP contribution in [0.4, 0.5) is 10.7 Å². The largest absolute Gasteiger partial charge is 0.396 e. The standard InChI is InChI=1S/C13H17N5OS/c14-8-10-12(16)11(9-15)20-13(10)17-2-1-3-18-4-6-19-7-5-18/h17H,1-7,16H2. The second-order valence-corrected chi connectivity index (χ2v) is 5.53. The van der Waals surface area contributed by atoms with Gasteiger partial charge in [0.1, 0.15) is 27.6 Å². The van der Waals surface area contributed by atoms with Crippen molar-refractivity contribution >= 4 is 22.0 Å². The fraction of sp³-hybridized carbons (Fsp3) is 0.538. The van der Waals surface area contributed by atoms with E-state index >= 15 is 0 Å². The zero-order chi connectivity index (χ0) is 14.4. The summed E-state index contributed by atoms with van der Waals surface area (Å²) in [5.74, 6) is 0. The van der Waals surface area contributed by atoms with Gasteiger partial charge in [-0.1, -0.05) is 0 Å². The van der Waals surface area contributed by atoms with E-state index in [9.17, 15) is 0 Å². The van der Waals surface area contributed by atoms with Crippen LogP contribution >= 0.6 is 11.3 Å². The molecule has 0 unspecified atom stereocenters. The molecule has 0 saturated carbocycles. The van der Waals surface area contributed by atoms with Crippen molar-refractivity contribution in [1.82, 2.24) is 4.90 Å². The van der Waals surface area contributed by atoms with Crippen LogP contribution in [0.5, 0.6) is 0 Å². The molecule has 20 heavy (non-hydrogen) atoms. The highest BCUT2D eigenvalue weighted by molar-refractivity contribution is 7.17. The summed E-state index contributed by atoms with van der Waals surface area (Å²) in [7, 11) is 0. The molecule has 2 heterocycles. The molecule has 1 saturated heterocycles. The van der Waals surface area contributed by atoms with Crippen LogP contribution in [-0.4, -0.2) is 44.3 Å². The third-order valence-corrected chi connectivity index (χ3v) is 4.27. The minimum atomic E-state index is 0.288. The van der Waals surface area contributed by atoms with Crippen LogP contribution in [-0.2, 0) is 4.74 Å². The van der Waals surface area contributed by atoms with E-state index in [1.165, 1.54) is 11.3 Å². The molecule has 106 valence electrons. The van der Waals surface area contributed by atoms with E-state index in [4.69, 9.17) is 21.0 Å². The Balaban J connectivity index is 1.82. The number of nitrogens with one attached hydrogen (secondary N) is 1. The zero-order valence-electron chi connectivity index (χ0n) is 11.2. The molecule has 0 radical (unpaired) electrons. The maximum atomic E-state index is 9.07. The number of nitrogens with zero attached hydrogens (tertiary/aromatic N) is 3. The molecule has 0 spiro atoms. The number of nitriles is 2. The maximum Gasteiger partial charge on any atom is 0.131 e. The molecule has 1 aromatic rings. The van der Waals surface area contributed by atoms with Crippen molar-refractivity contribution in [3.05, 3.63) is 10.4 Å². The summed E-state index contributed by atoms with van der Waals surface area (Å²) in [4.78, 5) is 2.76. The average Bonchev–Trinajstić information content (AvgIpc) is 2.80. The van der Waals surface area contributed by atoms with Gasteiger partial charge in [0, 0.05) is 19.6 Å². The Morgan fingerprint density at radius 2 is 2.05 bits per heavy atom. The van der Waals surface area contributed by atoms with Crippen LogP contribution in [0.2, 0.25) is 0 Å². The lowest BCUT2D eigenvalue weighted by Crippen LogP contribution is -2.37. The van der Waals surface area contributed by atoms with Crippen molar-refractivity contribution in [2.75, 3.05) is 50.4 Å². The van der Waals surface area contributed by atoms with Crippen molar-refractivity contribution < 1.29 is 4.74 Å². The van der Waals surface area contributed by atoms with E-state index in [0.717, 1.165) is 45.8 Å². The summed E-state index contributed by atoms with van der Waals surface area (Å²) in [6.45, 7) is 5.33. The molecular weight excluding hydrogens is 274 g/mol. The monoisotopic (exact) mass is 291 g/mol. The number of morpholine rings is 1. The van der Waals surface area contributed by atoms with Crippen LogP contribution in [0.25, 0.3) is 0 Å². The van der Waals surface area contributed by atoms with E-state index in [-0.39, 0.29) is 5.69 Å². The van der Waals surface area contributed by atoms with Crippen molar-refractivity contribution in [3.8, 4) is 12.1 Å². The first kappa shape index (κ1) is 14.6. The molecule has 7 heteroatoms. The van der Waals surface area contributed by atoms with Gasteiger partial charge in [0.15, 0.2) is 0 Å². The molecule has 0 amide bonds. The summed E-state index contributed by atoms with van der Waals surface area (Å²) in [6, 6.07) is 4.07. The highest BCUT2D eigenvalue weighted by atomic mass is 32.1. The highest BCUT2D eigenvalue weighted by Gasteiger charge is 2.15. The Labute approximate surface area is 122 Å². The maximum absolute atomic E-state index is 9.07. The third-order valence-electron chi connectivity index (χ3n) is 3.20. The number of thiophene rings is 1. The zero-order valence-corrected chi connectivity index (χ0v) is 12.0. The van der Waals surface area contributed by atoms with Gasteiger partial charge in [-0.25, -0.2) is 0 Å². The lowest BCUT2D eigenvalue weighted by molar-refractivity contribution is 0.0378. The van der Waals surface area contributed by atoms with E-state index in [1.54, 1.807) is 0 Å². The highest BCUT2D eigenvalue weighted by Crippen LogP contribution is 2.34. The van der Waals surface area contributed by atoms with Crippen LogP contribution in [0.3, 0.4) is 0 Å². The topological polar surface area (TPSA) is 98.1 Å². The Hall–Kier alpha value is -1.80.